The third kappa shape index (κ3) is 3.48. The number of thiophene rings is 1. The standard InChI is InChI=1S/C21H24N2O2S.ClH/c24-20(18-11-16-3-1-2-4-17(16)25-18)23(13-15-5-10-26-14-15)19-12-21(19)6-8-22-9-7-21;/h1-5,10,14,18-19,22H,6-9,11-13H2;1H. The van der Waals surface area contributed by atoms with Crippen molar-refractivity contribution in [2.75, 3.05) is 13.1 Å². The van der Waals surface area contributed by atoms with Gasteiger partial charge in [0.2, 0.25) is 0 Å². The number of nitrogens with zero attached hydrogens (tertiary/aromatic N) is 1. The number of nitrogens with one attached hydrogen (secondary N) is 1. The number of ether oxygens (including phenoxy) is 1. The van der Waals surface area contributed by atoms with Crippen molar-refractivity contribution in [2.45, 2.75) is 44.4 Å². The molecule has 1 aliphatic carbocycles. The average Bonchev–Trinajstić information content (AvgIpc) is 3.08. The molecule has 2 aromatic rings. The predicted octanol–water partition coefficient (Wildman–Crippen LogP) is 3.64. The zero-order valence-electron chi connectivity index (χ0n) is 15.2. The number of carbonyl (C=O) groups excluding carboxylic acids is 1. The minimum atomic E-state index is -0.370. The molecule has 2 atom stereocenters. The number of hydrogen-bond donors (Lipinski definition) is 1. The van der Waals surface area contributed by atoms with Gasteiger partial charge >= 0.3 is 0 Å². The second-order valence-corrected chi connectivity index (χ2v) is 8.63. The van der Waals surface area contributed by atoms with Crippen molar-refractivity contribution >= 4 is 29.7 Å². The molecule has 6 heteroatoms. The Kier molecular flexibility index (Phi) is 5.19. The fourth-order valence-electron chi connectivity index (χ4n) is 4.65. The van der Waals surface area contributed by atoms with E-state index < -0.39 is 0 Å². The minimum Gasteiger partial charge on any atom is -0.480 e. The lowest BCUT2D eigenvalue weighted by molar-refractivity contribution is -0.140. The maximum Gasteiger partial charge on any atom is 0.264 e. The molecule has 2 fully saturated rings. The second kappa shape index (κ2) is 7.46. The molecule has 1 amide bonds. The van der Waals surface area contributed by atoms with Crippen molar-refractivity contribution in [3.63, 3.8) is 0 Å². The fraction of sp³-hybridized carbons (Fsp3) is 0.476. The summed E-state index contributed by atoms with van der Waals surface area (Å²) in [6.45, 7) is 2.85. The van der Waals surface area contributed by atoms with Gasteiger partial charge in [0, 0.05) is 19.0 Å². The molecule has 1 spiro atoms. The SMILES string of the molecule is Cl.O=C(C1Cc2ccccc2O1)N(Cc1ccsc1)C1CC12CCNCC2. The van der Waals surface area contributed by atoms with Crippen LogP contribution in [0.15, 0.2) is 41.1 Å². The Bertz CT molecular complexity index is 779. The van der Waals surface area contributed by atoms with Gasteiger partial charge in [-0.2, -0.15) is 11.3 Å². The summed E-state index contributed by atoms with van der Waals surface area (Å²) >= 11 is 1.70. The van der Waals surface area contributed by atoms with Crippen LogP contribution in [-0.4, -0.2) is 36.0 Å². The number of benzene rings is 1. The van der Waals surface area contributed by atoms with Crippen molar-refractivity contribution in [3.8, 4) is 5.75 Å². The van der Waals surface area contributed by atoms with Crippen LogP contribution in [0.2, 0.25) is 0 Å². The molecule has 3 aliphatic rings. The van der Waals surface area contributed by atoms with Crippen LogP contribution < -0.4 is 10.1 Å². The molecule has 0 bridgehead atoms. The Balaban J connectivity index is 0.00000180. The summed E-state index contributed by atoms with van der Waals surface area (Å²) in [6.07, 6.45) is 3.82. The Hall–Kier alpha value is -1.56. The second-order valence-electron chi connectivity index (χ2n) is 7.85. The molecule has 144 valence electrons. The van der Waals surface area contributed by atoms with E-state index in [0.29, 0.717) is 24.4 Å². The summed E-state index contributed by atoms with van der Waals surface area (Å²) in [5, 5.41) is 7.70. The summed E-state index contributed by atoms with van der Waals surface area (Å²) in [6, 6.07) is 10.5. The van der Waals surface area contributed by atoms with E-state index in [1.807, 2.05) is 18.2 Å². The van der Waals surface area contributed by atoms with Crippen molar-refractivity contribution in [2.24, 2.45) is 5.41 Å². The van der Waals surface area contributed by atoms with Gasteiger partial charge in [-0.3, -0.25) is 4.79 Å². The first-order chi connectivity index (χ1) is 12.8. The van der Waals surface area contributed by atoms with Crippen molar-refractivity contribution in [3.05, 3.63) is 52.2 Å². The Labute approximate surface area is 170 Å². The molecular weight excluding hydrogens is 380 g/mol. The highest BCUT2D eigenvalue weighted by Crippen LogP contribution is 2.56. The maximum atomic E-state index is 13.4. The van der Waals surface area contributed by atoms with Crippen LogP contribution in [0.5, 0.6) is 5.75 Å². The van der Waals surface area contributed by atoms with E-state index in [0.717, 1.165) is 30.8 Å². The smallest absolute Gasteiger partial charge is 0.264 e. The van der Waals surface area contributed by atoms with E-state index in [9.17, 15) is 4.79 Å². The van der Waals surface area contributed by atoms with Gasteiger partial charge in [-0.15, -0.1) is 12.4 Å². The summed E-state index contributed by atoms with van der Waals surface area (Å²) in [4.78, 5) is 15.6. The summed E-state index contributed by atoms with van der Waals surface area (Å²) in [5.41, 5.74) is 2.71. The lowest BCUT2D eigenvalue weighted by Gasteiger charge is -2.31. The third-order valence-electron chi connectivity index (χ3n) is 6.26. The van der Waals surface area contributed by atoms with Crippen LogP contribution in [0.4, 0.5) is 0 Å². The van der Waals surface area contributed by atoms with E-state index >= 15 is 0 Å². The lowest BCUT2D eigenvalue weighted by Crippen LogP contribution is -2.45. The molecule has 27 heavy (non-hydrogen) atoms. The van der Waals surface area contributed by atoms with Crippen LogP contribution in [0.1, 0.15) is 30.4 Å². The van der Waals surface area contributed by atoms with Gasteiger partial charge in [-0.1, -0.05) is 18.2 Å². The van der Waals surface area contributed by atoms with Gasteiger partial charge in [0.15, 0.2) is 6.10 Å². The summed E-state index contributed by atoms with van der Waals surface area (Å²) < 4.78 is 6.02. The normalized spacial score (nSPS) is 24.6. The molecule has 1 saturated heterocycles. The molecule has 1 aromatic heterocycles. The Morgan fingerprint density at radius 3 is 2.81 bits per heavy atom. The van der Waals surface area contributed by atoms with Crippen LogP contribution in [0.3, 0.4) is 0 Å². The molecule has 1 aromatic carbocycles. The van der Waals surface area contributed by atoms with E-state index in [-0.39, 0.29) is 24.4 Å². The molecule has 2 aliphatic heterocycles. The Morgan fingerprint density at radius 2 is 2.07 bits per heavy atom. The van der Waals surface area contributed by atoms with Gasteiger partial charge in [0.05, 0.1) is 0 Å². The molecule has 5 rings (SSSR count). The van der Waals surface area contributed by atoms with E-state index in [1.165, 1.54) is 18.4 Å². The van der Waals surface area contributed by atoms with Crippen LogP contribution in [0, 0.1) is 5.41 Å². The van der Waals surface area contributed by atoms with Crippen LogP contribution in [-0.2, 0) is 17.8 Å². The lowest BCUT2D eigenvalue weighted by atomic mass is 9.93. The van der Waals surface area contributed by atoms with Crippen LogP contribution >= 0.6 is 23.7 Å². The van der Waals surface area contributed by atoms with E-state index in [1.54, 1.807) is 11.3 Å². The van der Waals surface area contributed by atoms with Gasteiger partial charge in [0.1, 0.15) is 5.75 Å². The molecule has 2 unspecified atom stereocenters. The van der Waals surface area contributed by atoms with Gasteiger partial charge in [0.25, 0.3) is 5.91 Å². The van der Waals surface area contributed by atoms with E-state index in [4.69, 9.17) is 4.74 Å². The van der Waals surface area contributed by atoms with Crippen LogP contribution in [0.25, 0.3) is 0 Å². The largest absolute Gasteiger partial charge is 0.480 e. The third-order valence-corrected chi connectivity index (χ3v) is 6.99. The van der Waals surface area contributed by atoms with Crippen molar-refractivity contribution < 1.29 is 9.53 Å². The predicted molar refractivity (Wildman–Crippen MR) is 110 cm³/mol. The highest BCUT2D eigenvalue weighted by Gasteiger charge is 2.58. The fourth-order valence-corrected chi connectivity index (χ4v) is 5.31. The number of hydrogen-bond acceptors (Lipinski definition) is 4. The summed E-state index contributed by atoms with van der Waals surface area (Å²) in [5.74, 6) is 1.03. The number of piperidine rings is 1. The van der Waals surface area contributed by atoms with E-state index in [2.05, 4.69) is 33.1 Å². The first kappa shape index (κ1) is 18.8. The molecule has 0 radical (unpaired) electrons. The highest BCUT2D eigenvalue weighted by atomic mass is 35.5. The summed E-state index contributed by atoms with van der Waals surface area (Å²) in [7, 11) is 0. The average molecular weight is 405 g/mol. The molecule has 3 heterocycles. The maximum absolute atomic E-state index is 13.4. The molecule has 4 nitrogen and oxygen atoms in total. The number of para-hydroxylation sites is 1. The zero-order valence-corrected chi connectivity index (χ0v) is 16.9. The quantitative estimate of drug-likeness (QED) is 0.845. The number of fused-ring (bicyclic) bond motifs is 1. The number of rotatable bonds is 4. The van der Waals surface area contributed by atoms with Crippen molar-refractivity contribution in [1.82, 2.24) is 10.2 Å². The number of carbonyl (C=O) groups is 1. The van der Waals surface area contributed by atoms with Gasteiger partial charge < -0.3 is 15.0 Å². The highest BCUT2D eigenvalue weighted by molar-refractivity contribution is 7.07. The van der Waals surface area contributed by atoms with Gasteiger partial charge in [-0.05, 0) is 71.8 Å². The number of halogens is 1. The molecular formula is C21H25ClN2O2S. The number of amides is 1. The molecule has 1 N–H and O–H groups in total. The monoisotopic (exact) mass is 404 g/mol. The molecule has 1 saturated carbocycles. The topological polar surface area (TPSA) is 41.6 Å². The van der Waals surface area contributed by atoms with Crippen molar-refractivity contribution in [1.29, 1.82) is 0 Å². The first-order valence-electron chi connectivity index (χ1n) is 9.52. The minimum absolute atomic E-state index is 0. The Morgan fingerprint density at radius 1 is 1.26 bits per heavy atom. The first-order valence-corrected chi connectivity index (χ1v) is 10.5. The van der Waals surface area contributed by atoms with Gasteiger partial charge in [-0.25, -0.2) is 0 Å². The zero-order chi connectivity index (χ0) is 17.6.